The molecule has 3 aromatic heterocycles. The molecule has 0 aliphatic carbocycles. The zero-order valence-electron chi connectivity index (χ0n) is 23.1. The highest BCUT2D eigenvalue weighted by Crippen LogP contribution is 2.27. The maximum atomic E-state index is 4.66. The average molecular weight is 479 g/mol. The minimum Gasteiger partial charge on any atom is -0.336 e. The van der Waals surface area contributed by atoms with Gasteiger partial charge in [-0.3, -0.25) is 4.68 Å². The molecule has 5 rings (SSSR count). The number of piperidine rings is 1. The highest BCUT2D eigenvalue weighted by molar-refractivity contribution is 5.76. The third-order valence-corrected chi connectivity index (χ3v) is 5.26. The molecule has 1 aliphatic heterocycles. The van der Waals surface area contributed by atoms with Gasteiger partial charge in [0.2, 0.25) is 0 Å². The molecule has 35 heavy (non-hydrogen) atoms. The van der Waals surface area contributed by atoms with Crippen LogP contribution in [-0.4, -0.2) is 37.8 Å². The Morgan fingerprint density at radius 3 is 2.20 bits per heavy atom. The highest BCUT2D eigenvalue weighted by Gasteiger charge is 2.17. The number of benzene rings is 1. The van der Waals surface area contributed by atoms with E-state index in [1.165, 1.54) is 24.0 Å². The van der Waals surface area contributed by atoms with Crippen molar-refractivity contribution in [1.29, 1.82) is 0 Å². The van der Waals surface area contributed by atoms with Crippen molar-refractivity contribution in [1.82, 2.24) is 30.0 Å². The third-order valence-electron chi connectivity index (χ3n) is 5.26. The van der Waals surface area contributed by atoms with Gasteiger partial charge in [-0.1, -0.05) is 85.7 Å². The van der Waals surface area contributed by atoms with Gasteiger partial charge < -0.3 is 10.3 Å². The average Bonchev–Trinajstić information content (AvgIpc) is 3.61. The largest absolute Gasteiger partial charge is 0.336 e. The molecule has 1 saturated heterocycles. The summed E-state index contributed by atoms with van der Waals surface area (Å²) in [4.78, 5) is 12.7. The first-order valence-electron chi connectivity index (χ1n) is 13.5. The van der Waals surface area contributed by atoms with Crippen LogP contribution in [0, 0.1) is 0 Å². The second-order valence-electron chi connectivity index (χ2n) is 7.16. The third kappa shape index (κ3) is 8.62. The lowest BCUT2D eigenvalue weighted by molar-refractivity contribution is 0.460. The molecule has 0 unspecified atom stereocenters. The van der Waals surface area contributed by atoms with Crippen LogP contribution in [0.3, 0.4) is 0 Å². The summed E-state index contributed by atoms with van der Waals surface area (Å²) in [5.74, 6) is 1.41. The van der Waals surface area contributed by atoms with Crippen molar-refractivity contribution < 1.29 is 0 Å². The number of H-pyrrole nitrogens is 1. The Morgan fingerprint density at radius 2 is 1.54 bits per heavy atom. The Balaban J connectivity index is 0.000000699. The topological polar surface area (TPSA) is 71.4 Å². The van der Waals surface area contributed by atoms with Gasteiger partial charge in [-0.2, -0.15) is 5.10 Å². The normalized spacial score (nSPS) is 12.6. The smallest absolute Gasteiger partial charge is 0.178 e. The van der Waals surface area contributed by atoms with Crippen LogP contribution in [0.2, 0.25) is 0 Å². The van der Waals surface area contributed by atoms with Crippen molar-refractivity contribution in [2.75, 3.05) is 13.1 Å². The second kappa shape index (κ2) is 17.4. The summed E-state index contributed by atoms with van der Waals surface area (Å²) < 4.78 is 1.94. The first-order valence-corrected chi connectivity index (χ1v) is 13.5. The molecule has 2 N–H and O–H groups in total. The number of fused-ring (bicyclic) bond motifs is 1. The zero-order valence-corrected chi connectivity index (χ0v) is 23.1. The molecule has 0 bridgehead atoms. The van der Waals surface area contributed by atoms with Crippen LogP contribution in [0.25, 0.3) is 22.6 Å². The van der Waals surface area contributed by atoms with Gasteiger partial charge in [0.05, 0.1) is 23.8 Å². The van der Waals surface area contributed by atoms with Crippen LogP contribution in [0.4, 0.5) is 0 Å². The number of aromatic nitrogens is 5. The van der Waals surface area contributed by atoms with Crippen molar-refractivity contribution in [2.45, 2.75) is 80.7 Å². The van der Waals surface area contributed by atoms with Gasteiger partial charge in [-0.15, -0.1) is 0 Å². The van der Waals surface area contributed by atoms with E-state index in [9.17, 15) is 0 Å². The molecule has 4 aromatic rings. The molecular weight excluding hydrogens is 432 g/mol. The van der Waals surface area contributed by atoms with Crippen molar-refractivity contribution >= 4 is 11.2 Å². The number of imidazole rings is 1. The molecule has 6 heteroatoms. The molecule has 0 atom stereocenters. The first-order chi connectivity index (χ1) is 17.3. The number of rotatable bonds is 4. The predicted octanol–water partition coefficient (Wildman–Crippen LogP) is 7.44. The monoisotopic (exact) mass is 478 g/mol. The highest BCUT2D eigenvalue weighted by atomic mass is 15.3. The molecule has 0 saturated carbocycles. The fraction of sp³-hybridized carbons (Fsp3) is 0.483. The number of nitrogens with one attached hydrogen (secondary N) is 2. The minimum atomic E-state index is 0.587. The predicted molar refractivity (Wildman–Crippen MR) is 151 cm³/mol. The van der Waals surface area contributed by atoms with E-state index < -0.39 is 0 Å². The van der Waals surface area contributed by atoms with E-state index in [1.807, 2.05) is 96.9 Å². The Bertz CT molecular complexity index is 1050. The van der Waals surface area contributed by atoms with Gasteiger partial charge in [0.15, 0.2) is 5.65 Å². The summed E-state index contributed by atoms with van der Waals surface area (Å²) in [5, 5.41) is 7.90. The van der Waals surface area contributed by atoms with Crippen molar-refractivity contribution in [3.05, 3.63) is 66.1 Å². The van der Waals surface area contributed by atoms with Gasteiger partial charge in [0.25, 0.3) is 0 Å². The molecule has 0 amide bonds. The van der Waals surface area contributed by atoms with Crippen molar-refractivity contribution in [3.63, 3.8) is 0 Å². The summed E-state index contributed by atoms with van der Waals surface area (Å²) in [6, 6.07) is 12.5. The van der Waals surface area contributed by atoms with E-state index in [-0.39, 0.29) is 0 Å². The fourth-order valence-corrected chi connectivity index (χ4v) is 3.77. The van der Waals surface area contributed by atoms with E-state index in [2.05, 4.69) is 43.6 Å². The number of pyridine rings is 1. The number of hydrogen-bond donors (Lipinski definition) is 2. The SMILES string of the molecule is CC.CC.CC.CC.c1ccc(Cn2cc(-c3nc4ncc(C5CCNCC5)cc4[nH]3)cn2)cc1. The summed E-state index contributed by atoms with van der Waals surface area (Å²) in [6.07, 6.45) is 8.20. The number of aromatic amines is 1. The minimum absolute atomic E-state index is 0.587. The summed E-state index contributed by atoms with van der Waals surface area (Å²) >= 11 is 0. The number of nitrogens with zero attached hydrogens (tertiary/aromatic N) is 4. The van der Waals surface area contributed by atoms with E-state index in [0.29, 0.717) is 5.92 Å². The van der Waals surface area contributed by atoms with Crippen molar-refractivity contribution in [3.8, 4) is 11.4 Å². The molecule has 1 fully saturated rings. The van der Waals surface area contributed by atoms with Crippen LogP contribution < -0.4 is 5.32 Å². The zero-order chi connectivity index (χ0) is 26.1. The molecule has 1 aromatic carbocycles. The Kier molecular flexibility index (Phi) is 15.0. The standard InChI is InChI=1S/C21H22N6.4C2H6/c1-2-4-15(5-3-1)13-27-14-18(12-24-27)20-25-19-10-17(11-23-21(19)26-20)16-6-8-22-9-7-16;4*1-2/h1-5,10-12,14,16,22H,6-9,13H2,(H,23,25,26);4*1-2H3. The Morgan fingerprint density at radius 1 is 0.886 bits per heavy atom. The molecular formula is C29H46N6. The van der Waals surface area contributed by atoms with Crippen LogP contribution in [0.5, 0.6) is 0 Å². The molecule has 4 heterocycles. The molecule has 6 nitrogen and oxygen atoms in total. The summed E-state index contributed by atoms with van der Waals surface area (Å²) in [5.41, 5.74) is 5.27. The quantitative estimate of drug-likeness (QED) is 0.320. The Labute approximate surface area is 212 Å². The van der Waals surface area contributed by atoms with Crippen molar-refractivity contribution in [2.24, 2.45) is 0 Å². The first kappa shape index (κ1) is 30.0. The molecule has 0 spiro atoms. The van der Waals surface area contributed by atoms with Gasteiger partial charge in [0.1, 0.15) is 5.82 Å². The van der Waals surface area contributed by atoms with Gasteiger partial charge in [-0.25, -0.2) is 9.97 Å². The van der Waals surface area contributed by atoms with E-state index >= 15 is 0 Å². The lowest BCUT2D eigenvalue weighted by Gasteiger charge is -2.22. The van der Waals surface area contributed by atoms with Crippen LogP contribution >= 0.6 is 0 Å². The molecule has 1 aliphatic rings. The summed E-state index contributed by atoms with van der Waals surface area (Å²) in [7, 11) is 0. The van der Waals surface area contributed by atoms with E-state index in [0.717, 1.165) is 42.2 Å². The fourth-order valence-electron chi connectivity index (χ4n) is 3.77. The van der Waals surface area contributed by atoms with E-state index in [1.54, 1.807) is 0 Å². The maximum Gasteiger partial charge on any atom is 0.178 e. The van der Waals surface area contributed by atoms with Gasteiger partial charge >= 0.3 is 0 Å². The second-order valence-corrected chi connectivity index (χ2v) is 7.16. The van der Waals surface area contributed by atoms with Crippen LogP contribution in [-0.2, 0) is 6.54 Å². The lowest BCUT2D eigenvalue weighted by Crippen LogP contribution is -2.26. The van der Waals surface area contributed by atoms with Gasteiger partial charge in [0, 0.05) is 12.4 Å². The maximum absolute atomic E-state index is 4.66. The van der Waals surface area contributed by atoms with Gasteiger partial charge in [-0.05, 0) is 49.0 Å². The Hall–Kier alpha value is -2.99. The molecule has 192 valence electrons. The lowest BCUT2D eigenvalue weighted by atomic mass is 9.91. The van der Waals surface area contributed by atoms with Crippen LogP contribution in [0.1, 0.15) is 85.3 Å². The van der Waals surface area contributed by atoms with E-state index in [4.69, 9.17) is 0 Å². The van der Waals surface area contributed by atoms with Crippen LogP contribution in [0.15, 0.2) is 55.0 Å². The summed E-state index contributed by atoms with van der Waals surface area (Å²) in [6.45, 7) is 18.9. The molecule has 0 radical (unpaired) electrons. The number of hydrogen-bond acceptors (Lipinski definition) is 4.